The van der Waals surface area contributed by atoms with Crippen molar-refractivity contribution in [3.63, 3.8) is 0 Å². The monoisotopic (exact) mass is 363 g/mol. The highest BCUT2D eigenvalue weighted by molar-refractivity contribution is 6.00. The average molecular weight is 363 g/mol. The SMILES string of the molecule is COCC(C)=C(C(=O)O)N1CC(NC(=O)C(N)c2ccc(O)cc2)C1=O. The molecule has 0 aromatic heterocycles. The van der Waals surface area contributed by atoms with Gasteiger partial charge in [-0.1, -0.05) is 12.1 Å². The highest BCUT2D eigenvalue weighted by Gasteiger charge is 2.42. The fraction of sp³-hybridized carbons (Fsp3) is 0.353. The number of methoxy groups -OCH3 is 1. The number of carboxylic acid groups (broad SMARTS) is 1. The molecule has 2 rings (SSSR count). The number of carbonyl (C=O) groups excluding carboxylic acids is 2. The van der Waals surface area contributed by atoms with Gasteiger partial charge in [0, 0.05) is 7.11 Å². The molecule has 0 aliphatic carbocycles. The first-order chi connectivity index (χ1) is 12.3. The summed E-state index contributed by atoms with van der Waals surface area (Å²) < 4.78 is 4.91. The van der Waals surface area contributed by atoms with Crippen LogP contribution in [0.3, 0.4) is 0 Å². The number of nitrogens with one attached hydrogen (secondary N) is 1. The smallest absolute Gasteiger partial charge is 0.352 e. The standard InChI is InChI=1S/C17H21N3O6/c1-9(8-26-2)14(17(24)25)20-7-12(16(20)23)19-15(22)13(18)10-3-5-11(21)6-4-10/h3-6,12-13,21H,7-8,18H2,1-2H3,(H,19,22)(H,24,25). The minimum Gasteiger partial charge on any atom is -0.508 e. The van der Waals surface area contributed by atoms with Gasteiger partial charge < -0.3 is 30.9 Å². The van der Waals surface area contributed by atoms with Gasteiger partial charge in [-0.2, -0.15) is 0 Å². The van der Waals surface area contributed by atoms with Crippen molar-refractivity contribution in [2.45, 2.75) is 19.0 Å². The number of carboxylic acids is 1. The molecule has 1 aliphatic rings. The van der Waals surface area contributed by atoms with Crippen LogP contribution in [-0.2, 0) is 19.1 Å². The van der Waals surface area contributed by atoms with Crippen molar-refractivity contribution in [2.75, 3.05) is 20.3 Å². The first-order valence-corrected chi connectivity index (χ1v) is 7.84. The van der Waals surface area contributed by atoms with Gasteiger partial charge in [-0.05, 0) is 30.2 Å². The van der Waals surface area contributed by atoms with Gasteiger partial charge in [-0.15, -0.1) is 0 Å². The van der Waals surface area contributed by atoms with Crippen molar-refractivity contribution in [1.82, 2.24) is 10.2 Å². The number of carbonyl (C=O) groups is 3. The third-order valence-corrected chi connectivity index (χ3v) is 4.02. The van der Waals surface area contributed by atoms with Gasteiger partial charge in [-0.3, -0.25) is 9.59 Å². The number of ether oxygens (including phenoxy) is 1. The molecule has 0 radical (unpaired) electrons. The molecule has 0 spiro atoms. The number of rotatable bonds is 7. The Kier molecular flexibility index (Phi) is 5.96. The average Bonchev–Trinajstić information content (AvgIpc) is 2.60. The zero-order chi connectivity index (χ0) is 19.4. The summed E-state index contributed by atoms with van der Waals surface area (Å²) in [6, 6.07) is 3.97. The zero-order valence-electron chi connectivity index (χ0n) is 14.4. The number of hydrogen-bond acceptors (Lipinski definition) is 6. The maximum Gasteiger partial charge on any atom is 0.352 e. The lowest BCUT2D eigenvalue weighted by Crippen LogP contribution is -2.64. The molecular formula is C17H21N3O6. The van der Waals surface area contributed by atoms with Crippen LogP contribution in [0.15, 0.2) is 35.5 Å². The molecule has 2 amide bonds. The van der Waals surface area contributed by atoms with Gasteiger partial charge in [0.25, 0.3) is 5.91 Å². The molecule has 1 heterocycles. The molecule has 0 bridgehead atoms. The van der Waals surface area contributed by atoms with E-state index in [0.717, 1.165) is 4.90 Å². The van der Waals surface area contributed by atoms with Gasteiger partial charge in [-0.25, -0.2) is 4.79 Å². The Morgan fingerprint density at radius 2 is 2.00 bits per heavy atom. The highest BCUT2D eigenvalue weighted by Crippen LogP contribution is 2.22. The number of aliphatic carboxylic acids is 1. The Labute approximate surface area is 150 Å². The molecule has 2 atom stereocenters. The molecule has 1 aromatic rings. The minimum atomic E-state index is -1.24. The van der Waals surface area contributed by atoms with Gasteiger partial charge in [0.1, 0.15) is 23.5 Å². The molecule has 26 heavy (non-hydrogen) atoms. The van der Waals surface area contributed by atoms with Gasteiger partial charge in [0.15, 0.2) is 0 Å². The molecule has 1 aliphatic heterocycles. The number of β-lactam (4-membered cyclic amide) rings is 1. The lowest BCUT2D eigenvalue weighted by Gasteiger charge is -2.39. The molecule has 1 fully saturated rings. The predicted molar refractivity (Wildman–Crippen MR) is 90.9 cm³/mol. The number of nitrogens with zero attached hydrogens (tertiary/aromatic N) is 1. The Morgan fingerprint density at radius 1 is 1.38 bits per heavy atom. The van der Waals surface area contributed by atoms with E-state index in [2.05, 4.69) is 5.32 Å². The Hall–Kier alpha value is -2.91. The van der Waals surface area contributed by atoms with Gasteiger partial charge in [0.2, 0.25) is 5.91 Å². The molecule has 2 unspecified atom stereocenters. The third kappa shape index (κ3) is 4.01. The molecule has 140 valence electrons. The van der Waals surface area contributed by atoms with Crippen LogP contribution in [0.25, 0.3) is 0 Å². The fourth-order valence-corrected chi connectivity index (χ4v) is 2.64. The number of amides is 2. The Balaban J connectivity index is 2.02. The summed E-state index contributed by atoms with van der Waals surface area (Å²) >= 11 is 0. The van der Waals surface area contributed by atoms with Crippen LogP contribution in [0, 0.1) is 0 Å². The molecule has 5 N–H and O–H groups in total. The Bertz CT molecular complexity index is 743. The largest absolute Gasteiger partial charge is 0.508 e. The molecule has 0 saturated carbocycles. The predicted octanol–water partition coefficient (Wildman–Crippen LogP) is -0.276. The van der Waals surface area contributed by atoms with Crippen molar-refractivity contribution < 1.29 is 29.3 Å². The number of hydrogen-bond donors (Lipinski definition) is 4. The maximum absolute atomic E-state index is 12.3. The van der Waals surface area contributed by atoms with Gasteiger partial charge in [0.05, 0.1) is 13.2 Å². The van der Waals surface area contributed by atoms with Crippen LogP contribution in [0.4, 0.5) is 0 Å². The first-order valence-electron chi connectivity index (χ1n) is 7.84. The quantitative estimate of drug-likeness (QED) is 0.385. The third-order valence-electron chi connectivity index (χ3n) is 4.02. The minimum absolute atomic E-state index is 0.0373. The second kappa shape index (κ2) is 7.98. The normalized spacial score (nSPS) is 18.7. The summed E-state index contributed by atoms with van der Waals surface area (Å²) in [4.78, 5) is 37.0. The Morgan fingerprint density at radius 3 is 2.50 bits per heavy atom. The second-order valence-corrected chi connectivity index (χ2v) is 5.95. The van der Waals surface area contributed by atoms with Crippen LogP contribution in [0.1, 0.15) is 18.5 Å². The maximum atomic E-state index is 12.3. The number of nitrogens with two attached hydrogens (primary N) is 1. The fourth-order valence-electron chi connectivity index (χ4n) is 2.64. The van der Waals surface area contributed by atoms with Crippen molar-refractivity contribution in [2.24, 2.45) is 5.73 Å². The topological polar surface area (TPSA) is 142 Å². The van der Waals surface area contributed by atoms with Crippen LogP contribution in [0.5, 0.6) is 5.75 Å². The van der Waals surface area contributed by atoms with E-state index in [9.17, 15) is 24.6 Å². The number of phenolic OH excluding ortho intramolecular Hbond substituents is 1. The molecule has 9 nitrogen and oxygen atoms in total. The summed E-state index contributed by atoms with van der Waals surface area (Å²) in [5.41, 5.74) is 6.58. The number of benzene rings is 1. The number of aromatic hydroxyl groups is 1. The van der Waals surface area contributed by atoms with E-state index in [1.807, 2.05) is 0 Å². The zero-order valence-corrected chi connectivity index (χ0v) is 14.4. The van der Waals surface area contributed by atoms with Crippen LogP contribution in [0.2, 0.25) is 0 Å². The van der Waals surface area contributed by atoms with E-state index in [1.54, 1.807) is 6.92 Å². The van der Waals surface area contributed by atoms with E-state index in [0.29, 0.717) is 11.1 Å². The molecule has 1 saturated heterocycles. The van der Waals surface area contributed by atoms with E-state index in [4.69, 9.17) is 10.5 Å². The summed E-state index contributed by atoms with van der Waals surface area (Å²) in [7, 11) is 1.43. The van der Waals surface area contributed by atoms with Crippen molar-refractivity contribution in [3.8, 4) is 5.75 Å². The van der Waals surface area contributed by atoms with E-state index >= 15 is 0 Å². The van der Waals surface area contributed by atoms with Crippen LogP contribution >= 0.6 is 0 Å². The van der Waals surface area contributed by atoms with E-state index < -0.39 is 29.9 Å². The molecular weight excluding hydrogens is 342 g/mol. The lowest BCUT2D eigenvalue weighted by atomic mass is 10.0. The van der Waals surface area contributed by atoms with Crippen LogP contribution in [-0.4, -0.2) is 59.2 Å². The summed E-state index contributed by atoms with van der Waals surface area (Å²) in [6.45, 7) is 1.68. The van der Waals surface area contributed by atoms with E-state index in [-0.39, 0.29) is 24.6 Å². The molecule has 1 aromatic carbocycles. The van der Waals surface area contributed by atoms with Crippen molar-refractivity contribution >= 4 is 17.8 Å². The molecule has 9 heteroatoms. The summed E-state index contributed by atoms with van der Waals surface area (Å²) in [6.07, 6.45) is 0. The van der Waals surface area contributed by atoms with Crippen LogP contribution < -0.4 is 11.1 Å². The van der Waals surface area contributed by atoms with Gasteiger partial charge >= 0.3 is 5.97 Å². The lowest BCUT2D eigenvalue weighted by molar-refractivity contribution is -0.149. The van der Waals surface area contributed by atoms with Crippen molar-refractivity contribution in [3.05, 3.63) is 41.1 Å². The summed E-state index contributed by atoms with van der Waals surface area (Å²) in [5.74, 6) is -2.28. The second-order valence-electron chi connectivity index (χ2n) is 5.95. The number of phenols is 1. The first kappa shape index (κ1) is 19.4. The van der Waals surface area contributed by atoms with Crippen molar-refractivity contribution in [1.29, 1.82) is 0 Å². The number of likely N-dealkylation sites (tertiary alicyclic amines) is 1. The highest BCUT2D eigenvalue weighted by atomic mass is 16.5. The van der Waals surface area contributed by atoms with E-state index in [1.165, 1.54) is 31.4 Å². The summed E-state index contributed by atoms with van der Waals surface area (Å²) in [5, 5.41) is 21.1.